The zero-order valence-electron chi connectivity index (χ0n) is 16.0. The van der Waals surface area contributed by atoms with E-state index in [9.17, 15) is 14.4 Å². The topological polar surface area (TPSA) is 84.5 Å². The van der Waals surface area contributed by atoms with Crippen LogP contribution in [0.2, 0.25) is 0 Å². The molecule has 0 unspecified atom stereocenters. The van der Waals surface area contributed by atoms with E-state index in [1.807, 2.05) is 30.3 Å². The molecule has 0 aromatic heterocycles. The van der Waals surface area contributed by atoms with Gasteiger partial charge in [0.05, 0.1) is 6.04 Å². The summed E-state index contributed by atoms with van der Waals surface area (Å²) in [6, 6.07) is 8.50. The second kappa shape index (κ2) is 9.75. The first kappa shape index (κ1) is 21.4. The second-order valence-electron chi connectivity index (χ2n) is 7.14. The first-order valence-electron chi connectivity index (χ1n) is 8.59. The summed E-state index contributed by atoms with van der Waals surface area (Å²) in [6.07, 6.45) is 2.97. The molecule has 0 spiro atoms. The molecule has 2 N–H and O–H groups in total. The molecular formula is C20H28N2O4. The van der Waals surface area contributed by atoms with Gasteiger partial charge in [0.2, 0.25) is 5.91 Å². The van der Waals surface area contributed by atoms with Crippen LogP contribution >= 0.6 is 0 Å². The van der Waals surface area contributed by atoms with Crippen molar-refractivity contribution in [2.75, 3.05) is 0 Å². The molecule has 0 bridgehead atoms. The van der Waals surface area contributed by atoms with Crippen LogP contribution in [0.5, 0.6) is 0 Å². The smallest absolute Gasteiger partial charge is 0.408 e. The van der Waals surface area contributed by atoms with E-state index in [4.69, 9.17) is 4.74 Å². The number of ketones is 1. The highest BCUT2D eigenvalue weighted by molar-refractivity contribution is 5.88. The Morgan fingerprint density at radius 2 is 1.73 bits per heavy atom. The molecule has 2 atom stereocenters. The van der Waals surface area contributed by atoms with Crippen LogP contribution in [0, 0.1) is 0 Å². The number of alkyl carbamates (subject to hydrolysis) is 1. The molecule has 142 valence electrons. The van der Waals surface area contributed by atoms with Gasteiger partial charge in [-0.15, -0.1) is 0 Å². The number of benzene rings is 1. The number of carbonyl (C=O) groups excluding carboxylic acids is 3. The molecule has 0 aliphatic carbocycles. The van der Waals surface area contributed by atoms with Crippen molar-refractivity contribution in [2.45, 2.75) is 58.7 Å². The van der Waals surface area contributed by atoms with Crippen molar-refractivity contribution >= 4 is 17.8 Å². The van der Waals surface area contributed by atoms with Crippen molar-refractivity contribution in [3.63, 3.8) is 0 Å². The molecule has 1 rings (SSSR count). The molecule has 0 aliphatic heterocycles. The minimum Gasteiger partial charge on any atom is -0.444 e. The molecule has 1 aromatic carbocycles. The zero-order valence-corrected chi connectivity index (χ0v) is 16.0. The summed E-state index contributed by atoms with van der Waals surface area (Å²) in [5.41, 5.74) is 0.388. The summed E-state index contributed by atoms with van der Waals surface area (Å²) in [7, 11) is 0. The van der Waals surface area contributed by atoms with Gasteiger partial charge in [-0.1, -0.05) is 36.4 Å². The van der Waals surface area contributed by atoms with Gasteiger partial charge in [-0.3, -0.25) is 9.59 Å². The Morgan fingerprint density at radius 3 is 2.27 bits per heavy atom. The molecule has 6 heteroatoms. The number of amides is 2. The molecule has 0 saturated heterocycles. The van der Waals surface area contributed by atoms with Crippen LogP contribution in [0.15, 0.2) is 42.5 Å². The normalized spacial score (nSPS) is 13.7. The maximum Gasteiger partial charge on any atom is 0.408 e. The van der Waals surface area contributed by atoms with Crippen molar-refractivity contribution in [3.05, 3.63) is 48.0 Å². The minimum atomic E-state index is -0.770. The van der Waals surface area contributed by atoms with Crippen molar-refractivity contribution in [3.8, 4) is 0 Å². The fraction of sp³-hybridized carbons (Fsp3) is 0.450. The molecule has 0 radical (unpaired) electrons. The third-order valence-electron chi connectivity index (χ3n) is 3.32. The molecule has 0 saturated carbocycles. The number of rotatable bonds is 7. The molecule has 2 amide bonds. The highest BCUT2D eigenvalue weighted by Crippen LogP contribution is 2.07. The van der Waals surface area contributed by atoms with Gasteiger partial charge in [0, 0.05) is 0 Å². The Bertz CT molecular complexity index is 648. The van der Waals surface area contributed by atoms with Gasteiger partial charge in [-0.2, -0.15) is 0 Å². The Kier molecular flexibility index (Phi) is 8.03. The third-order valence-corrected chi connectivity index (χ3v) is 3.32. The van der Waals surface area contributed by atoms with Gasteiger partial charge in [0.15, 0.2) is 5.78 Å². The molecule has 0 aliphatic rings. The maximum absolute atomic E-state index is 12.4. The lowest BCUT2D eigenvalue weighted by molar-refractivity contribution is -0.123. The number of hydrogen-bond donors (Lipinski definition) is 2. The minimum absolute atomic E-state index is 0.0998. The highest BCUT2D eigenvalue weighted by atomic mass is 16.6. The predicted octanol–water partition coefficient (Wildman–Crippen LogP) is 2.77. The lowest BCUT2D eigenvalue weighted by Gasteiger charge is -2.23. The van der Waals surface area contributed by atoms with Gasteiger partial charge in [0.1, 0.15) is 11.6 Å². The fourth-order valence-electron chi connectivity index (χ4n) is 2.14. The van der Waals surface area contributed by atoms with Crippen LogP contribution in [-0.4, -0.2) is 35.5 Å². The van der Waals surface area contributed by atoms with Gasteiger partial charge in [-0.25, -0.2) is 4.79 Å². The number of carbonyl (C=O) groups is 3. The van der Waals surface area contributed by atoms with Gasteiger partial charge < -0.3 is 15.4 Å². The molecular weight excluding hydrogens is 332 g/mol. The van der Waals surface area contributed by atoms with Gasteiger partial charge in [0.25, 0.3) is 0 Å². The fourth-order valence-corrected chi connectivity index (χ4v) is 2.14. The molecule has 0 fully saturated rings. The van der Waals surface area contributed by atoms with Crippen LogP contribution in [0.4, 0.5) is 4.79 Å². The summed E-state index contributed by atoms with van der Waals surface area (Å²) in [5, 5.41) is 5.35. The van der Waals surface area contributed by atoms with E-state index in [0.717, 1.165) is 5.56 Å². The summed E-state index contributed by atoms with van der Waals surface area (Å²) in [4.78, 5) is 35.4. The summed E-state index contributed by atoms with van der Waals surface area (Å²) in [6.45, 7) is 8.28. The predicted molar refractivity (Wildman–Crippen MR) is 101 cm³/mol. The summed E-state index contributed by atoms with van der Waals surface area (Å²) in [5.74, 6) is -0.456. The van der Waals surface area contributed by atoms with E-state index < -0.39 is 17.7 Å². The van der Waals surface area contributed by atoms with E-state index in [1.165, 1.54) is 13.0 Å². The van der Waals surface area contributed by atoms with E-state index in [-0.39, 0.29) is 17.7 Å². The number of nitrogens with one attached hydrogen (secondary N) is 2. The Labute approximate surface area is 155 Å². The quantitative estimate of drug-likeness (QED) is 0.732. The lowest BCUT2D eigenvalue weighted by atomic mass is 10.0. The molecule has 6 nitrogen and oxygen atoms in total. The van der Waals surface area contributed by atoms with E-state index >= 15 is 0 Å². The highest BCUT2D eigenvalue weighted by Gasteiger charge is 2.22. The number of hydrogen-bond acceptors (Lipinski definition) is 4. The van der Waals surface area contributed by atoms with Crippen LogP contribution in [0.1, 0.15) is 40.2 Å². The van der Waals surface area contributed by atoms with Crippen LogP contribution < -0.4 is 10.6 Å². The van der Waals surface area contributed by atoms with Crippen LogP contribution in [0.25, 0.3) is 0 Å². The van der Waals surface area contributed by atoms with Crippen LogP contribution in [0.3, 0.4) is 0 Å². The average molecular weight is 360 g/mol. The van der Waals surface area contributed by atoms with Gasteiger partial charge in [-0.05, 0) is 52.7 Å². The third kappa shape index (κ3) is 9.01. The molecule has 26 heavy (non-hydrogen) atoms. The van der Waals surface area contributed by atoms with E-state index in [0.29, 0.717) is 6.42 Å². The first-order chi connectivity index (χ1) is 12.1. The van der Waals surface area contributed by atoms with E-state index in [1.54, 1.807) is 33.8 Å². The summed E-state index contributed by atoms with van der Waals surface area (Å²) >= 11 is 0. The maximum atomic E-state index is 12.4. The van der Waals surface area contributed by atoms with Crippen molar-refractivity contribution in [1.82, 2.24) is 10.6 Å². The van der Waals surface area contributed by atoms with Crippen molar-refractivity contribution in [1.29, 1.82) is 0 Å². The largest absolute Gasteiger partial charge is 0.444 e. The Hall–Kier alpha value is -2.63. The zero-order chi connectivity index (χ0) is 19.7. The monoisotopic (exact) mass is 360 g/mol. The SMILES string of the molecule is CC(=O)/C=C/[C@H](Cc1ccccc1)NC(=O)[C@H](C)NC(=O)OC(C)(C)C. The summed E-state index contributed by atoms with van der Waals surface area (Å²) < 4.78 is 5.15. The van der Waals surface area contributed by atoms with Gasteiger partial charge >= 0.3 is 6.09 Å². The average Bonchev–Trinajstić information content (AvgIpc) is 2.51. The van der Waals surface area contributed by atoms with Crippen molar-refractivity contribution in [2.24, 2.45) is 0 Å². The Balaban J connectivity index is 2.71. The van der Waals surface area contributed by atoms with Crippen molar-refractivity contribution < 1.29 is 19.1 Å². The molecule has 0 heterocycles. The number of allylic oxidation sites excluding steroid dienone is 1. The number of ether oxygens (including phenoxy) is 1. The Morgan fingerprint density at radius 1 is 1.12 bits per heavy atom. The first-order valence-corrected chi connectivity index (χ1v) is 8.59. The standard InChI is InChI=1S/C20H28N2O4/c1-14(23)11-12-17(13-16-9-7-6-8-10-16)22-18(24)15(2)21-19(25)26-20(3,4)5/h6-12,15,17H,13H2,1-5H3,(H,21,25)(H,22,24)/b12-11+/t15-,17+/m0/s1. The van der Waals surface area contributed by atoms with Crippen LogP contribution in [-0.2, 0) is 20.7 Å². The lowest BCUT2D eigenvalue weighted by Crippen LogP contribution is -2.49. The van der Waals surface area contributed by atoms with E-state index in [2.05, 4.69) is 10.6 Å². The molecule has 1 aromatic rings. The second-order valence-corrected chi connectivity index (χ2v) is 7.14.